The van der Waals surface area contributed by atoms with Crippen molar-refractivity contribution in [2.24, 2.45) is 0 Å². The van der Waals surface area contributed by atoms with E-state index in [0.717, 1.165) is 6.42 Å². The maximum Gasteiger partial charge on any atom is 0.294 e. The molecule has 0 aliphatic heterocycles. The highest BCUT2D eigenvalue weighted by molar-refractivity contribution is 4.63. The Morgan fingerprint density at radius 2 is 1.73 bits per heavy atom. The molecule has 0 aliphatic rings. The van der Waals surface area contributed by atoms with E-state index in [1.54, 1.807) is 0 Å². The van der Waals surface area contributed by atoms with Gasteiger partial charge in [0.2, 0.25) is 0 Å². The average molecular weight is 222 g/mol. The molecule has 0 aromatic heterocycles. The van der Waals surface area contributed by atoms with Gasteiger partial charge in [0.15, 0.2) is 0 Å². The van der Waals surface area contributed by atoms with E-state index >= 15 is 0 Å². The molecule has 15 heavy (non-hydrogen) atoms. The molecule has 0 saturated heterocycles. The molecule has 0 aromatic carbocycles. The second-order valence-electron chi connectivity index (χ2n) is 3.04. The Bertz CT molecular complexity index is 222. The van der Waals surface area contributed by atoms with E-state index in [1.165, 1.54) is 6.92 Å². The van der Waals surface area contributed by atoms with Crippen LogP contribution in [-0.2, 0) is 9.68 Å². The molecule has 0 rings (SSSR count). The molecule has 0 heterocycles. The molecule has 0 radical (unpaired) electrons. The van der Waals surface area contributed by atoms with Gasteiger partial charge in [-0.15, -0.1) is 20.2 Å². The first-order chi connectivity index (χ1) is 6.97. The molecule has 8 nitrogen and oxygen atoms in total. The smallest absolute Gasteiger partial charge is 0.294 e. The minimum Gasteiger partial charge on any atom is -0.309 e. The fourth-order valence-corrected chi connectivity index (χ4v) is 1.09. The molecule has 2 atom stereocenters. The predicted molar refractivity (Wildman–Crippen MR) is 48.9 cm³/mol. The zero-order chi connectivity index (χ0) is 11.8. The first-order valence-electron chi connectivity index (χ1n) is 4.59. The van der Waals surface area contributed by atoms with Crippen molar-refractivity contribution < 1.29 is 19.8 Å². The fraction of sp³-hybridized carbons (Fsp3) is 1.00. The van der Waals surface area contributed by atoms with E-state index < -0.39 is 22.4 Å². The van der Waals surface area contributed by atoms with E-state index in [-0.39, 0.29) is 0 Å². The first kappa shape index (κ1) is 13.4. The summed E-state index contributed by atoms with van der Waals surface area (Å²) in [5, 5.41) is 18.2. The maximum absolute atomic E-state index is 10.1. The van der Waals surface area contributed by atoms with Crippen LogP contribution >= 0.6 is 0 Å². The van der Waals surface area contributed by atoms with Crippen LogP contribution in [0.5, 0.6) is 0 Å². The van der Waals surface area contributed by atoms with Crippen LogP contribution in [0, 0.1) is 20.2 Å². The molecular formula is C7H14N2O6. The van der Waals surface area contributed by atoms with Gasteiger partial charge in [-0.1, -0.05) is 19.8 Å². The third-order valence-corrected chi connectivity index (χ3v) is 1.84. The molecule has 2 unspecified atom stereocenters. The summed E-state index contributed by atoms with van der Waals surface area (Å²) >= 11 is 0. The van der Waals surface area contributed by atoms with Gasteiger partial charge < -0.3 is 9.68 Å². The lowest BCUT2D eigenvalue weighted by molar-refractivity contribution is -0.798. The van der Waals surface area contributed by atoms with Crippen LogP contribution < -0.4 is 0 Å². The van der Waals surface area contributed by atoms with Gasteiger partial charge in [-0.3, -0.25) is 0 Å². The minimum absolute atomic E-state index is 0.354. The van der Waals surface area contributed by atoms with Gasteiger partial charge in [-0.2, -0.15) is 0 Å². The molecule has 0 bridgehead atoms. The summed E-state index contributed by atoms with van der Waals surface area (Å²) in [4.78, 5) is 28.7. The van der Waals surface area contributed by atoms with Gasteiger partial charge in [0, 0.05) is 0 Å². The number of rotatable bonds is 8. The number of hydrogen-bond acceptors (Lipinski definition) is 6. The molecule has 0 saturated carbocycles. The van der Waals surface area contributed by atoms with Crippen LogP contribution in [0.1, 0.15) is 33.1 Å². The third kappa shape index (κ3) is 6.47. The van der Waals surface area contributed by atoms with Gasteiger partial charge in [-0.25, -0.2) is 0 Å². The van der Waals surface area contributed by atoms with Crippen molar-refractivity contribution in [3.8, 4) is 0 Å². The molecule has 0 spiro atoms. The molecule has 8 heteroatoms. The lowest BCUT2D eigenvalue weighted by Gasteiger charge is -2.19. The summed E-state index contributed by atoms with van der Waals surface area (Å²) in [5.74, 6) is 0. The van der Waals surface area contributed by atoms with Crippen LogP contribution in [0.4, 0.5) is 0 Å². The lowest BCUT2D eigenvalue weighted by Crippen LogP contribution is -2.32. The highest BCUT2D eigenvalue weighted by Crippen LogP contribution is 2.12. The highest BCUT2D eigenvalue weighted by Gasteiger charge is 2.23. The van der Waals surface area contributed by atoms with Gasteiger partial charge in [0.05, 0.1) is 0 Å². The van der Waals surface area contributed by atoms with Crippen LogP contribution in [-0.4, -0.2) is 22.4 Å². The standard InChI is InChI=1S/C7H14N2O6/c1-3-4-5-7(15-9(12)13)6(2)14-8(10)11/h6-7H,3-5H2,1-2H3. The van der Waals surface area contributed by atoms with Crippen molar-refractivity contribution in [2.45, 2.75) is 45.3 Å². The molecular weight excluding hydrogens is 208 g/mol. The Kier molecular flexibility index (Phi) is 6.07. The monoisotopic (exact) mass is 222 g/mol. The summed E-state index contributed by atoms with van der Waals surface area (Å²) in [6.07, 6.45) is 0.0152. The Hall–Kier alpha value is -1.60. The van der Waals surface area contributed by atoms with Crippen LogP contribution in [0.2, 0.25) is 0 Å². The van der Waals surface area contributed by atoms with Gasteiger partial charge in [-0.05, 0) is 13.3 Å². The van der Waals surface area contributed by atoms with Gasteiger partial charge in [0.1, 0.15) is 12.2 Å². The Balaban J connectivity index is 4.19. The van der Waals surface area contributed by atoms with Gasteiger partial charge >= 0.3 is 0 Å². The van der Waals surface area contributed by atoms with Crippen LogP contribution in [0.15, 0.2) is 0 Å². The second-order valence-corrected chi connectivity index (χ2v) is 3.04. The molecule has 0 aromatic rings. The van der Waals surface area contributed by atoms with E-state index in [2.05, 4.69) is 9.68 Å². The van der Waals surface area contributed by atoms with Crippen molar-refractivity contribution in [1.29, 1.82) is 0 Å². The molecule has 0 aliphatic carbocycles. The summed E-state index contributed by atoms with van der Waals surface area (Å²) in [7, 11) is 0. The van der Waals surface area contributed by atoms with E-state index in [1.807, 2.05) is 6.92 Å². The van der Waals surface area contributed by atoms with Crippen LogP contribution in [0.25, 0.3) is 0 Å². The minimum atomic E-state index is -0.979. The quantitative estimate of drug-likeness (QED) is 0.453. The van der Waals surface area contributed by atoms with Crippen LogP contribution in [0.3, 0.4) is 0 Å². The zero-order valence-electron chi connectivity index (χ0n) is 8.62. The predicted octanol–water partition coefficient (Wildman–Crippen LogP) is 1.35. The lowest BCUT2D eigenvalue weighted by atomic mass is 10.1. The van der Waals surface area contributed by atoms with E-state index in [9.17, 15) is 20.2 Å². The van der Waals surface area contributed by atoms with Crippen molar-refractivity contribution in [1.82, 2.24) is 0 Å². The zero-order valence-corrected chi connectivity index (χ0v) is 8.62. The molecule has 0 N–H and O–H groups in total. The van der Waals surface area contributed by atoms with E-state index in [4.69, 9.17) is 0 Å². The normalized spacial score (nSPS) is 14.0. The maximum atomic E-state index is 10.1. The molecule has 0 amide bonds. The fourth-order valence-electron chi connectivity index (χ4n) is 1.09. The molecule has 0 fully saturated rings. The Morgan fingerprint density at radius 3 is 2.13 bits per heavy atom. The number of unbranched alkanes of at least 4 members (excludes halogenated alkanes) is 1. The molecule has 88 valence electrons. The number of hydrogen-bond donors (Lipinski definition) is 0. The average Bonchev–Trinajstić information content (AvgIpc) is 2.10. The van der Waals surface area contributed by atoms with Crippen molar-refractivity contribution >= 4 is 0 Å². The topological polar surface area (TPSA) is 105 Å². The summed E-state index contributed by atoms with van der Waals surface area (Å²) in [6, 6.07) is 0. The summed E-state index contributed by atoms with van der Waals surface area (Å²) in [5.41, 5.74) is 0. The van der Waals surface area contributed by atoms with E-state index in [0.29, 0.717) is 12.8 Å². The van der Waals surface area contributed by atoms with Crippen molar-refractivity contribution in [2.75, 3.05) is 0 Å². The largest absolute Gasteiger partial charge is 0.309 e. The summed E-state index contributed by atoms with van der Waals surface area (Å²) < 4.78 is 0. The highest BCUT2D eigenvalue weighted by atomic mass is 17.0. The third-order valence-electron chi connectivity index (χ3n) is 1.84. The van der Waals surface area contributed by atoms with Crippen molar-refractivity contribution in [3.63, 3.8) is 0 Å². The Labute approximate surface area is 86.4 Å². The Morgan fingerprint density at radius 1 is 1.20 bits per heavy atom. The first-order valence-corrected chi connectivity index (χ1v) is 4.59. The van der Waals surface area contributed by atoms with Crippen molar-refractivity contribution in [3.05, 3.63) is 20.2 Å². The second kappa shape index (κ2) is 6.80. The van der Waals surface area contributed by atoms with Gasteiger partial charge in [0.25, 0.3) is 10.2 Å². The summed E-state index contributed by atoms with van der Waals surface area (Å²) in [6.45, 7) is 3.27. The SMILES string of the molecule is CCCCC(O[N+](=O)[O-])C(C)O[N+](=O)[O-]. The number of nitrogens with zero attached hydrogens (tertiary/aromatic N) is 2.